The van der Waals surface area contributed by atoms with Gasteiger partial charge in [0.1, 0.15) is 5.02 Å². The summed E-state index contributed by atoms with van der Waals surface area (Å²) in [5, 5.41) is 9.71. The van der Waals surface area contributed by atoms with Crippen LogP contribution in [0.15, 0.2) is 10.7 Å². The lowest BCUT2D eigenvalue weighted by Crippen LogP contribution is -1.98. The van der Waals surface area contributed by atoms with Crippen LogP contribution >= 0.6 is 27.5 Å². The van der Waals surface area contributed by atoms with Gasteiger partial charge in [0.05, 0.1) is 0 Å². The van der Waals surface area contributed by atoms with E-state index in [1.54, 1.807) is 0 Å². The Labute approximate surface area is 90.2 Å². The highest BCUT2D eigenvalue weighted by Crippen LogP contribution is 2.34. The Bertz CT molecular complexity index is 388. The van der Waals surface area contributed by atoms with Gasteiger partial charge >= 0.3 is 5.82 Å². The molecule has 1 heterocycles. The molecule has 0 N–H and O–H groups in total. The summed E-state index contributed by atoms with van der Waals surface area (Å²) < 4.78 is 24.5. The molecule has 1 aromatic heterocycles. The van der Waals surface area contributed by atoms with Gasteiger partial charge in [0, 0.05) is 27.6 Å². The highest BCUT2D eigenvalue weighted by atomic mass is 79.9. The molecular formula is C6H2BrClF2N2O2. The van der Waals surface area contributed by atoms with Crippen LogP contribution in [0.3, 0.4) is 0 Å². The molecule has 1 rings (SSSR count). The minimum absolute atomic E-state index is 0.0519. The van der Waals surface area contributed by atoms with E-state index in [9.17, 15) is 18.9 Å². The average molecular weight is 287 g/mol. The summed E-state index contributed by atoms with van der Waals surface area (Å²) in [5.41, 5.74) is -0.611. The molecule has 0 atom stereocenters. The molecule has 0 saturated carbocycles. The molecule has 0 unspecified atom stereocenters. The second kappa shape index (κ2) is 4.14. The van der Waals surface area contributed by atoms with E-state index >= 15 is 0 Å². The lowest BCUT2D eigenvalue weighted by atomic mass is 10.3. The predicted molar refractivity (Wildman–Crippen MR) is 48.6 cm³/mol. The van der Waals surface area contributed by atoms with Crippen LogP contribution in [0.1, 0.15) is 12.0 Å². The van der Waals surface area contributed by atoms with E-state index in [1.807, 2.05) is 0 Å². The Morgan fingerprint density at radius 2 is 2.21 bits per heavy atom. The lowest BCUT2D eigenvalue weighted by Gasteiger charge is -2.02. The fourth-order valence-corrected chi connectivity index (χ4v) is 1.45. The highest BCUT2D eigenvalue weighted by Gasteiger charge is 2.24. The largest absolute Gasteiger partial charge is 0.383 e. The van der Waals surface area contributed by atoms with Crippen molar-refractivity contribution in [2.24, 2.45) is 0 Å². The van der Waals surface area contributed by atoms with Crippen LogP contribution in [-0.4, -0.2) is 9.91 Å². The molecule has 76 valence electrons. The van der Waals surface area contributed by atoms with Crippen LogP contribution in [0.2, 0.25) is 5.02 Å². The Hall–Kier alpha value is -0.820. The van der Waals surface area contributed by atoms with Crippen molar-refractivity contribution in [3.05, 3.63) is 31.4 Å². The average Bonchev–Trinajstić information content (AvgIpc) is 2.07. The van der Waals surface area contributed by atoms with Crippen LogP contribution in [0.4, 0.5) is 14.6 Å². The number of nitro groups is 1. The molecule has 0 aromatic carbocycles. The third-order valence-electron chi connectivity index (χ3n) is 1.35. The molecule has 8 heteroatoms. The summed E-state index contributed by atoms with van der Waals surface area (Å²) in [7, 11) is 0. The number of alkyl halides is 2. The molecule has 0 aliphatic rings. The van der Waals surface area contributed by atoms with Crippen LogP contribution in [-0.2, 0) is 0 Å². The van der Waals surface area contributed by atoms with E-state index in [0.29, 0.717) is 0 Å². The maximum Gasteiger partial charge on any atom is 0.383 e. The molecule has 0 saturated heterocycles. The van der Waals surface area contributed by atoms with Crippen LogP contribution in [0, 0.1) is 10.1 Å². The number of aromatic nitrogens is 1. The summed E-state index contributed by atoms with van der Waals surface area (Å²) >= 11 is 8.14. The van der Waals surface area contributed by atoms with Gasteiger partial charge in [0.25, 0.3) is 6.43 Å². The maximum atomic E-state index is 12.3. The molecule has 0 aliphatic carbocycles. The van der Waals surface area contributed by atoms with E-state index in [4.69, 9.17) is 11.6 Å². The topological polar surface area (TPSA) is 56.0 Å². The number of hydrogen-bond acceptors (Lipinski definition) is 3. The van der Waals surface area contributed by atoms with Gasteiger partial charge < -0.3 is 10.1 Å². The number of halogens is 4. The molecule has 0 amide bonds. The Kier molecular flexibility index (Phi) is 3.33. The number of rotatable bonds is 2. The van der Waals surface area contributed by atoms with Crippen LogP contribution in [0.5, 0.6) is 0 Å². The van der Waals surface area contributed by atoms with E-state index in [2.05, 4.69) is 20.9 Å². The Morgan fingerprint density at radius 1 is 1.64 bits per heavy atom. The smallest absolute Gasteiger partial charge is 0.358 e. The van der Waals surface area contributed by atoms with Crippen molar-refractivity contribution in [3.63, 3.8) is 0 Å². The van der Waals surface area contributed by atoms with Gasteiger partial charge in [-0.25, -0.2) is 8.78 Å². The third-order valence-corrected chi connectivity index (χ3v) is 2.14. The Morgan fingerprint density at radius 3 is 2.64 bits per heavy atom. The van der Waals surface area contributed by atoms with Crippen LogP contribution < -0.4 is 0 Å². The first-order chi connectivity index (χ1) is 6.43. The second-order valence-electron chi connectivity index (χ2n) is 2.23. The maximum absolute atomic E-state index is 12.3. The lowest BCUT2D eigenvalue weighted by molar-refractivity contribution is -0.389. The monoisotopic (exact) mass is 286 g/mol. The van der Waals surface area contributed by atoms with Gasteiger partial charge in [-0.15, -0.1) is 0 Å². The molecule has 0 radical (unpaired) electrons. The van der Waals surface area contributed by atoms with Crippen molar-refractivity contribution < 1.29 is 13.7 Å². The highest BCUT2D eigenvalue weighted by molar-refractivity contribution is 9.10. The van der Waals surface area contributed by atoms with Gasteiger partial charge in [-0.1, -0.05) is 11.6 Å². The van der Waals surface area contributed by atoms with Gasteiger partial charge in [-0.3, -0.25) is 0 Å². The van der Waals surface area contributed by atoms with Crippen molar-refractivity contribution in [1.29, 1.82) is 0 Å². The SMILES string of the molecule is O=[N+]([O-])c1nc(Br)cc(C(F)F)c1Cl. The van der Waals surface area contributed by atoms with E-state index in [-0.39, 0.29) is 4.60 Å². The molecule has 0 fully saturated rings. The second-order valence-corrected chi connectivity index (χ2v) is 3.42. The summed E-state index contributed by atoms with van der Waals surface area (Å²) in [6.45, 7) is 0. The summed E-state index contributed by atoms with van der Waals surface area (Å²) in [4.78, 5) is 12.8. The normalized spacial score (nSPS) is 10.6. The van der Waals surface area contributed by atoms with Crippen LogP contribution in [0.25, 0.3) is 0 Å². The minimum atomic E-state index is -2.87. The van der Waals surface area contributed by atoms with Crippen molar-refractivity contribution in [3.8, 4) is 0 Å². The van der Waals surface area contributed by atoms with E-state index in [0.717, 1.165) is 6.07 Å². The van der Waals surface area contributed by atoms with Gasteiger partial charge in [-0.2, -0.15) is 0 Å². The third kappa shape index (κ3) is 2.16. The number of nitrogens with zero attached hydrogens (tertiary/aromatic N) is 2. The van der Waals surface area contributed by atoms with Gasteiger partial charge in [0.15, 0.2) is 0 Å². The number of hydrogen-bond donors (Lipinski definition) is 0. The predicted octanol–water partition coefficient (Wildman–Crippen LogP) is 3.34. The standard InChI is InChI=1S/C6H2BrClF2N2O2/c7-3-1-2(5(9)10)4(8)6(11-3)12(13)14/h1,5H. The van der Waals surface area contributed by atoms with E-state index in [1.165, 1.54) is 0 Å². The molecule has 4 nitrogen and oxygen atoms in total. The first kappa shape index (κ1) is 11.3. The minimum Gasteiger partial charge on any atom is -0.358 e. The van der Waals surface area contributed by atoms with Gasteiger partial charge in [0.2, 0.25) is 4.60 Å². The quantitative estimate of drug-likeness (QED) is 0.476. The van der Waals surface area contributed by atoms with Gasteiger partial charge in [-0.05, 0) is 9.91 Å². The zero-order valence-electron chi connectivity index (χ0n) is 6.38. The molecular weight excluding hydrogens is 285 g/mol. The fraction of sp³-hybridized carbons (Fsp3) is 0.167. The van der Waals surface area contributed by atoms with Crippen molar-refractivity contribution >= 4 is 33.3 Å². The zero-order valence-corrected chi connectivity index (χ0v) is 8.72. The molecule has 0 spiro atoms. The van der Waals surface area contributed by atoms with Crippen molar-refractivity contribution in [2.45, 2.75) is 6.43 Å². The van der Waals surface area contributed by atoms with Crippen molar-refractivity contribution in [2.75, 3.05) is 0 Å². The van der Waals surface area contributed by atoms with Crippen molar-refractivity contribution in [1.82, 2.24) is 4.98 Å². The fourth-order valence-electron chi connectivity index (χ4n) is 0.783. The first-order valence-electron chi connectivity index (χ1n) is 3.22. The zero-order chi connectivity index (χ0) is 10.9. The molecule has 0 aliphatic heterocycles. The first-order valence-corrected chi connectivity index (χ1v) is 4.39. The number of pyridine rings is 1. The summed E-state index contributed by atoms with van der Waals surface area (Å²) in [5.74, 6) is -0.781. The molecule has 0 bridgehead atoms. The summed E-state index contributed by atoms with van der Waals surface area (Å²) in [6.07, 6.45) is -2.87. The Balaban J connectivity index is 3.40. The van der Waals surface area contributed by atoms with E-state index < -0.39 is 27.8 Å². The molecule has 1 aromatic rings. The molecule has 14 heavy (non-hydrogen) atoms. The summed E-state index contributed by atoms with van der Waals surface area (Å²) in [6, 6.07) is 0.944.